The molecule has 0 radical (unpaired) electrons. The standard InChI is InChI=1S/C16H12N4S/c17-13-7-5-11(6-8-13)12-9-18-20(10-12)16-19-14-3-1-2-4-15(14)21-16/h1-10H,17H2. The van der Waals surface area contributed by atoms with Crippen LogP contribution in [0.3, 0.4) is 0 Å². The van der Waals surface area contributed by atoms with Crippen LogP contribution < -0.4 is 5.73 Å². The molecule has 2 heterocycles. The Hall–Kier alpha value is -2.66. The summed E-state index contributed by atoms with van der Waals surface area (Å²) in [4.78, 5) is 4.60. The molecule has 0 saturated carbocycles. The van der Waals surface area contributed by atoms with Gasteiger partial charge in [0.25, 0.3) is 0 Å². The molecular weight excluding hydrogens is 280 g/mol. The van der Waals surface area contributed by atoms with Gasteiger partial charge >= 0.3 is 0 Å². The highest BCUT2D eigenvalue weighted by molar-refractivity contribution is 7.20. The summed E-state index contributed by atoms with van der Waals surface area (Å²) in [5.74, 6) is 0. The SMILES string of the molecule is Nc1ccc(-c2cnn(-c3nc4ccccc4s3)c2)cc1. The number of para-hydroxylation sites is 1. The van der Waals surface area contributed by atoms with Crippen molar-refractivity contribution < 1.29 is 0 Å². The smallest absolute Gasteiger partial charge is 0.211 e. The average Bonchev–Trinajstić information content (AvgIpc) is 3.14. The van der Waals surface area contributed by atoms with Crippen LogP contribution in [0.2, 0.25) is 0 Å². The van der Waals surface area contributed by atoms with E-state index >= 15 is 0 Å². The van der Waals surface area contributed by atoms with E-state index in [4.69, 9.17) is 5.73 Å². The van der Waals surface area contributed by atoms with Gasteiger partial charge in [0.05, 0.1) is 16.4 Å². The summed E-state index contributed by atoms with van der Waals surface area (Å²) in [6.45, 7) is 0. The molecule has 0 unspecified atom stereocenters. The molecule has 0 bridgehead atoms. The van der Waals surface area contributed by atoms with E-state index < -0.39 is 0 Å². The number of rotatable bonds is 2. The monoisotopic (exact) mass is 292 g/mol. The summed E-state index contributed by atoms with van der Waals surface area (Å²) in [5.41, 5.74) is 9.62. The van der Waals surface area contributed by atoms with Crippen molar-refractivity contribution in [1.29, 1.82) is 0 Å². The number of thiazole rings is 1. The molecule has 2 aromatic carbocycles. The molecule has 4 rings (SSSR count). The van der Waals surface area contributed by atoms with Crippen LogP contribution in [0.4, 0.5) is 5.69 Å². The molecule has 0 amide bonds. The van der Waals surface area contributed by atoms with Crippen LogP contribution in [0.1, 0.15) is 0 Å². The number of aromatic nitrogens is 3. The first-order chi connectivity index (χ1) is 10.3. The van der Waals surface area contributed by atoms with E-state index in [0.717, 1.165) is 32.2 Å². The normalized spacial score (nSPS) is 11.0. The maximum absolute atomic E-state index is 5.71. The number of nitrogen functional groups attached to an aromatic ring is 1. The molecule has 5 heteroatoms. The van der Waals surface area contributed by atoms with Gasteiger partial charge in [0.1, 0.15) is 0 Å². The van der Waals surface area contributed by atoms with Gasteiger partial charge in [-0.2, -0.15) is 5.10 Å². The van der Waals surface area contributed by atoms with Gasteiger partial charge in [0.2, 0.25) is 5.13 Å². The molecule has 21 heavy (non-hydrogen) atoms. The van der Waals surface area contributed by atoms with E-state index in [0.29, 0.717) is 0 Å². The van der Waals surface area contributed by atoms with Crippen LogP contribution in [-0.4, -0.2) is 14.8 Å². The van der Waals surface area contributed by atoms with Gasteiger partial charge in [0.15, 0.2) is 0 Å². The number of nitrogens with two attached hydrogens (primary N) is 1. The van der Waals surface area contributed by atoms with Crippen LogP contribution in [0.5, 0.6) is 0 Å². The topological polar surface area (TPSA) is 56.7 Å². The third-order valence-electron chi connectivity index (χ3n) is 3.31. The van der Waals surface area contributed by atoms with Crippen molar-refractivity contribution in [3.63, 3.8) is 0 Å². The molecular formula is C16H12N4S. The van der Waals surface area contributed by atoms with E-state index in [1.807, 2.05) is 59.5 Å². The quantitative estimate of drug-likeness (QED) is 0.573. The van der Waals surface area contributed by atoms with Gasteiger partial charge in [-0.25, -0.2) is 9.67 Å². The maximum Gasteiger partial charge on any atom is 0.211 e. The Balaban J connectivity index is 1.75. The molecule has 0 aliphatic heterocycles. The molecule has 0 saturated heterocycles. The lowest BCUT2D eigenvalue weighted by molar-refractivity contribution is 0.873. The van der Waals surface area contributed by atoms with Gasteiger partial charge < -0.3 is 5.73 Å². The van der Waals surface area contributed by atoms with Gasteiger partial charge in [-0.3, -0.25) is 0 Å². The first kappa shape index (κ1) is 12.1. The fraction of sp³-hybridized carbons (Fsp3) is 0. The number of anilines is 1. The third kappa shape index (κ3) is 2.17. The van der Waals surface area contributed by atoms with Crippen molar-refractivity contribution in [3.8, 4) is 16.3 Å². The molecule has 0 spiro atoms. The molecule has 102 valence electrons. The van der Waals surface area contributed by atoms with Gasteiger partial charge in [-0.1, -0.05) is 35.6 Å². The molecule has 0 atom stereocenters. The van der Waals surface area contributed by atoms with Gasteiger partial charge in [-0.05, 0) is 29.8 Å². The van der Waals surface area contributed by atoms with Crippen molar-refractivity contribution in [1.82, 2.24) is 14.8 Å². The Labute approximate surface area is 125 Å². The van der Waals surface area contributed by atoms with Crippen LogP contribution in [-0.2, 0) is 0 Å². The first-order valence-corrected chi connectivity index (χ1v) is 7.38. The molecule has 0 aliphatic rings. The predicted molar refractivity (Wildman–Crippen MR) is 86.6 cm³/mol. The Bertz CT molecular complexity index is 872. The van der Waals surface area contributed by atoms with Crippen molar-refractivity contribution in [2.75, 3.05) is 5.73 Å². The lowest BCUT2D eigenvalue weighted by Gasteiger charge is -1.97. The highest BCUT2D eigenvalue weighted by Gasteiger charge is 2.08. The predicted octanol–water partition coefficient (Wildman–Crippen LogP) is 3.73. The fourth-order valence-corrected chi connectivity index (χ4v) is 3.11. The minimum atomic E-state index is 0.761. The number of benzene rings is 2. The summed E-state index contributed by atoms with van der Waals surface area (Å²) in [5, 5.41) is 5.29. The molecule has 0 fully saturated rings. The van der Waals surface area contributed by atoms with Crippen LogP contribution in [0, 0.1) is 0 Å². The second kappa shape index (κ2) is 4.71. The molecule has 0 aliphatic carbocycles. The summed E-state index contributed by atoms with van der Waals surface area (Å²) in [7, 11) is 0. The minimum absolute atomic E-state index is 0.761. The Morgan fingerprint density at radius 3 is 2.57 bits per heavy atom. The molecule has 2 N–H and O–H groups in total. The lowest BCUT2D eigenvalue weighted by Crippen LogP contribution is -1.91. The largest absolute Gasteiger partial charge is 0.399 e. The summed E-state index contributed by atoms with van der Waals surface area (Å²) < 4.78 is 2.98. The number of nitrogens with zero attached hydrogens (tertiary/aromatic N) is 3. The summed E-state index contributed by atoms with van der Waals surface area (Å²) >= 11 is 1.63. The second-order valence-electron chi connectivity index (χ2n) is 4.76. The third-order valence-corrected chi connectivity index (χ3v) is 4.33. The van der Waals surface area contributed by atoms with E-state index in [-0.39, 0.29) is 0 Å². The number of hydrogen-bond acceptors (Lipinski definition) is 4. The Morgan fingerprint density at radius 1 is 0.952 bits per heavy atom. The summed E-state index contributed by atoms with van der Waals surface area (Å²) in [6.07, 6.45) is 3.83. The van der Waals surface area contributed by atoms with Crippen LogP contribution in [0.15, 0.2) is 60.9 Å². The highest BCUT2D eigenvalue weighted by Crippen LogP contribution is 2.26. The van der Waals surface area contributed by atoms with Crippen molar-refractivity contribution >= 4 is 27.2 Å². The van der Waals surface area contributed by atoms with Crippen LogP contribution >= 0.6 is 11.3 Å². The zero-order valence-corrected chi connectivity index (χ0v) is 11.9. The highest BCUT2D eigenvalue weighted by atomic mass is 32.1. The average molecular weight is 292 g/mol. The number of fused-ring (bicyclic) bond motifs is 1. The maximum atomic E-state index is 5.71. The van der Waals surface area contributed by atoms with E-state index in [1.165, 1.54) is 0 Å². The molecule has 4 nitrogen and oxygen atoms in total. The zero-order valence-electron chi connectivity index (χ0n) is 11.1. The van der Waals surface area contributed by atoms with E-state index in [9.17, 15) is 0 Å². The van der Waals surface area contributed by atoms with Crippen LogP contribution in [0.25, 0.3) is 26.5 Å². The van der Waals surface area contributed by atoms with Crippen molar-refractivity contribution in [3.05, 3.63) is 60.9 Å². The zero-order chi connectivity index (χ0) is 14.2. The molecule has 4 aromatic rings. The minimum Gasteiger partial charge on any atom is -0.399 e. The number of hydrogen-bond donors (Lipinski definition) is 1. The first-order valence-electron chi connectivity index (χ1n) is 6.56. The Morgan fingerprint density at radius 2 is 1.76 bits per heavy atom. The summed E-state index contributed by atoms with van der Waals surface area (Å²) in [6, 6.07) is 15.9. The lowest BCUT2D eigenvalue weighted by atomic mass is 10.1. The second-order valence-corrected chi connectivity index (χ2v) is 5.77. The van der Waals surface area contributed by atoms with E-state index in [2.05, 4.69) is 16.1 Å². The van der Waals surface area contributed by atoms with Crippen molar-refractivity contribution in [2.45, 2.75) is 0 Å². The van der Waals surface area contributed by atoms with Crippen molar-refractivity contribution in [2.24, 2.45) is 0 Å². The van der Waals surface area contributed by atoms with Gasteiger partial charge in [0, 0.05) is 17.4 Å². The fourth-order valence-electron chi connectivity index (χ4n) is 2.21. The van der Waals surface area contributed by atoms with E-state index in [1.54, 1.807) is 11.3 Å². The van der Waals surface area contributed by atoms with Gasteiger partial charge in [-0.15, -0.1) is 0 Å². The Kier molecular flexibility index (Phi) is 2.72. The molecule has 2 aromatic heterocycles.